The predicted octanol–water partition coefficient (Wildman–Crippen LogP) is 14.8. The van der Waals surface area contributed by atoms with Crippen molar-refractivity contribution in [1.82, 2.24) is 0 Å². The van der Waals surface area contributed by atoms with Crippen LogP contribution in [0, 0.1) is 0 Å². The van der Waals surface area contributed by atoms with Crippen LogP contribution in [0.1, 0.15) is 120 Å². The SMILES string of the molecule is C=CCc1cc(/C=C(/CC(=O)O)C(C)=O)cc(OC)c1O.C=CCc1cc(/C=C2/CC(=O)CC2=O)cc(OC)c1O.C=CCc1cc(/C=C2/CC(=O)CC2=S)cc(OC)c1O.C=CCc1cc(/C=C2/CC(=O)CC2=S)cc(OC)c1O.C=CCc1cc(/C=C2/CC(=S)CC2=O)cc(OC)c1O. The smallest absolute Gasteiger partial charge is 0.307 e. The fourth-order valence-electron chi connectivity index (χ4n) is 10.8. The Morgan fingerprint density at radius 1 is 0.396 bits per heavy atom. The van der Waals surface area contributed by atoms with E-state index in [1.54, 1.807) is 78.9 Å². The van der Waals surface area contributed by atoms with Crippen LogP contribution >= 0.6 is 36.7 Å². The zero-order chi connectivity index (χ0) is 74.8. The van der Waals surface area contributed by atoms with Gasteiger partial charge in [0.15, 0.2) is 74.8 Å². The van der Waals surface area contributed by atoms with Crippen molar-refractivity contribution in [2.24, 2.45) is 0 Å². The van der Waals surface area contributed by atoms with Crippen LogP contribution in [0.15, 0.2) is 152 Å². The van der Waals surface area contributed by atoms with E-state index in [1.165, 1.54) is 48.5 Å². The van der Waals surface area contributed by atoms with Crippen molar-refractivity contribution < 1.29 is 87.9 Å². The number of allylic oxidation sites excluding steroid dienone is 9. The van der Waals surface area contributed by atoms with Gasteiger partial charge in [-0.3, -0.25) is 33.6 Å². The average Bonchev–Trinajstić information content (AvgIpc) is 1.83. The number of rotatable bonds is 23. The number of hydrogen-bond donors (Lipinski definition) is 6. The number of methoxy groups -OCH3 is 5. The highest BCUT2D eigenvalue weighted by molar-refractivity contribution is 7.81. The highest BCUT2D eigenvalue weighted by atomic mass is 32.1. The minimum absolute atomic E-state index is 0.0113. The van der Waals surface area contributed by atoms with Crippen molar-refractivity contribution in [3.8, 4) is 57.5 Å². The summed E-state index contributed by atoms with van der Waals surface area (Å²) in [5.74, 6) is 1.06. The predicted molar refractivity (Wildman–Crippen MR) is 405 cm³/mol. The van der Waals surface area contributed by atoms with E-state index >= 15 is 0 Å². The number of phenolic OH excluding ortho intramolecular Hbond substituents is 5. The molecular formula is C80H82O18S3. The van der Waals surface area contributed by atoms with E-state index in [9.17, 15) is 59.1 Å². The molecule has 0 radical (unpaired) electrons. The highest BCUT2D eigenvalue weighted by Gasteiger charge is 2.27. The fourth-order valence-corrected chi connectivity index (χ4v) is 11.7. The van der Waals surface area contributed by atoms with Gasteiger partial charge in [-0.2, -0.15) is 0 Å². The molecule has 0 saturated heterocycles. The number of carboxylic acid groups (broad SMARTS) is 1. The molecule has 4 aliphatic rings. The number of thiocarbonyl (C=S) groups is 3. The largest absolute Gasteiger partial charge is 0.504 e. The van der Waals surface area contributed by atoms with Crippen LogP contribution in [-0.2, 0) is 65.7 Å². The summed E-state index contributed by atoms with van der Waals surface area (Å²) in [7, 11) is 7.40. The zero-order valence-electron chi connectivity index (χ0n) is 57.3. The molecule has 0 unspecified atom stereocenters. The maximum absolute atomic E-state index is 11.8. The van der Waals surface area contributed by atoms with Crippen molar-refractivity contribution in [2.45, 2.75) is 96.8 Å². The number of aromatic hydroxyl groups is 5. The van der Waals surface area contributed by atoms with Crippen LogP contribution < -0.4 is 23.7 Å². The second-order valence-electron chi connectivity index (χ2n) is 23.4. The lowest BCUT2D eigenvalue weighted by Crippen LogP contribution is -2.04. The number of hydrogen-bond acceptors (Lipinski definition) is 20. The molecule has 6 N–H and O–H groups in total. The standard InChI is InChI=1S/C16H18O5.C16H16O4.3C16H16O3S/c1-4-5-12-6-11(8-14(21-3)16(12)20)7-13(10(2)17)9-15(18)19;1-3-4-11-5-10(7-15(20-2)16(11)19)6-12-8-13(17)9-14(12)18;1-3-4-11-5-10(7-15(19-2)16(11)18)6-12-8-13(20)9-14(12)17;2*1-3-4-11-5-10(7-14(19-2)16(11)18)6-12-8-13(17)9-15(12)20/h4,6-8,20H,1,5,9H2,2-3H3,(H,18,19);3,5-7,19H,1,4,8-9H2,2H3;3*3,5-7,18H,1,4,8-9H2,2H3/b13-7-;4*12-6-. The molecule has 0 aromatic heterocycles. The van der Waals surface area contributed by atoms with Crippen LogP contribution in [0.4, 0.5) is 0 Å². The van der Waals surface area contributed by atoms with Crippen LogP contribution in [-0.4, -0.2) is 121 Å². The lowest BCUT2D eigenvalue weighted by Gasteiger charge is -2.10. The summed E-state index contributed by atoms with van der Waals surface area (Å²) >= 11 is 15.5. The number of phenols is 5. The Hall–Kier alpha value is -10.7. The molecule has 0 bridgehead atoms. The molecule has 5 aromatic rings. The molecule has 18 nitrogen and oxygen atoms in total. The van der Waals surface area contributed by atoms with Crippen molar-refractivity contribution in [3.63, 3.8) is 0 Å². The number of ether oxygens (including phenoxy) is 5. The molecule has 528 valence electrons. The number of carbonyl (C=O) groups is 7. The number of benzene rings is 5. The van der Waals surface area contributed by atoms with E-state index in [4.69, 9.17) is 65.4 Å². The topological polar surface area (TPSA) is 287 Å². The van der Waals surface area contributed by atoms with E-state index in [0.717, 1.165) is 55.0 Å². The van der Waals surface area contributed by atoms with E-state index in [-0.39, 0.29) is 94.0 Å². The van der Waals surface area contributed by atoms with Gasteiger partial charge in [-0.1, -0.05) is 79.2 Å². The first-order valence-corrected chi connectivity index (χ1v) is 32.8. The molecule has 0 aliphatic heterocycles. The molecule has 0 amide bonds. The van der Waals surface area contributed by atoms with Gasteiger partial charge in [0.2, 0.25) is 0 Å². The molecule has 4 fully saturated rings. The molecule has 101 heavy (non-hydrogen) atoms. The molecule has 5 aromatic carbocycles. The fraction of sp³-hybridized carbons (Fsp3) is 0.250. The van der Waals surface area contributed by atoms with Gasteiger partial charge >= 0.3 is 5.97 Å². The Morgan fingerprint density at radius 3 is 0.901 bits per heavy atom. The molecular weight excluding hydrogens is 1350 g/mol. The Bertz CT molecular complexity index is 3880. The van der Waals surface area contributed by atoms with E-state index < -0.39 is 5.97 Å². The lowest BCUT2D eigenvalue weighted by atomic mass is 10.0. The van der Waals surface area contributed by atoms with Gasteiger partial charge in [-0.25, -0.2) is 0 Å². The maximum Gasteiger partial charge on any atom is 0.307 e. The van der Waals surface area contributed by atoms with Gasteiger partial charge in [-0.15, -0.1) is 32.9 Å². The molecule has 21 heteroatoms. The summed E-state index contributed by atoms with van der Waals surface area (Å²) in [5.41, 5.74) is 10.5. The minimum atomic E-state index is -1.08. The summed E-state index contributed by atoms with van der Waals surface area (Å²) < 4.78 is 25.7. The van der Waals surface area contributed by atoms with Gasteiger partial charge in [0.25, 0.3) is 0 Å². The van der Waals surface area contributed by atoms with Gasteiger partial charge in [-0.05, 0) is 157 Å². The first kappa shape index (κ1) is 80.9. The third-order valence-electron chi connectivity index (χ3n) is 15.7. The summed E-state index contributed by atoms with van der Waals surface area (Å²) in [6, 6.07) is 17.4. The third kappa shape index (κ3) is 23.4. The van der Waals surface area contributed by atoms with Crippen LogP contribution in [0.2, 0.25) is 0 Å². The summed E-state index contributed by atoms with van der Waals surface area (Å²) in [4.78, 5) is 81.9. The third-order valence-corrected chi connectivity index (χ3v) is 16.8. The number of carbonyl (C=O) groups excluding carboxylic acids is 6. The summed E-state index contributed by atoms with van der Waals surface area (Å²) in [5, 5.41) is 58.9. The van der Waals surface area contributed by atoms with Crippen LogP contribution in [0.25, 0.3) is 30.4 Å². The van der Waals surface area contributed by atoms with Crippen molar-refractivity contribution in [2.75, 3.05) is 35.5 Å². The van der Waals surface area contributed by atoms with Crippen molar-refractivity contribution in [3.05, 3.63) is 207 Å². The van der Waals surface area contributed by atoms with Gasteiger partial charge < -0.3 is 54.3 Å². The monoisotopic (exact) mass is 1430 g/mol. The number of ketones is 6. The van der Waals surface area contributed by atoms with Crippen LogP contribution in [0.3, 0.4) is 0 Å². The van der Waals surface area contributed by atoms with Crippen molar-refractivity contribution >= 4 is 122 Å². The number of Topliss-reactive ketones (excluding diaryl/α,β-unsaturated/α-hetero) is 6. The molecule has 4 aliphatic carbocycles. The Balaban J connectivity index is 0.000000227. The van der Waals surface area contributed by atoms with Crippen LogP contribution in [0.5, 0.6) is 57.5 Å². The highest BCUT2D eigenvalue weighted by Crippen LogP contribution is 2.39. The number of aliphatic carboxylic acids is 1. The molecule has 9 rings (SSSR count). The Labute approximate surface area is 604 Å². The Morgan fingerprint density at radius 2 is 0.663 bits per heavy atom. The molecule has 0 spiro atoms. The quantitative estimate of drug-likeness (QED) is 0.0153. The van der Waals surface area contributed by atoms with Crippen molar-refractivity contribution in [1.29, 1.82) is 0 Å². The average molecular weight is 1430 g/mol. The normalized spacial score (nSPS) is 15.6. The molecule has 4 saturated carbocycles. The number of carboxylic acids is 1. The Kier molecular flexibility index (Phi) is 31.4. The minimum Gasteiger partial charge on any atom is -0.504 e. The van der Waals surface area contributed by atoms with Gasteiger partial charge in [0.1, 0.15) is 17.3 Å². The van der Waals surface area contributed by atoms with Gasteiger partial charge in [0.05, 0.1) is 48.4 Å². The summed E-state index contributed by atoms with van der Waals surface area (Å²) in [6.45, 7) is 19.6. The molecule has 0 heterocycles. The van der Waals surface area contributed by atoms with E-state index in [1.807, 2.05) is 36.4 Å². The van der Waals surface area contributed by atoms with Gasteiger partial charge in [0, 0.05) is 104 Å². The summed E-state index contributed by atoms with van der Waals surface area (Å²) in [6.07, 6.45) is 22.0. The second kappa shape index (κ2) is 39.2. The van der Waals surface area contributed by atoms with E-state index in [2.05, 4.69) is 32.9 Å². The first-order valence-electron chi connectivity index (χ1n) is 31.6. The lowest BCUT2D eigenvalue weighted by molar-refractivity contribution is -0.137. The second-order valence-corrected chi connectivity index (χ2v) is 24.9. The maximum atomic E-state index is 11.8. The van der Waals surface area contributed by atoms with E-state index in [0.29, 0.717) is 131 Å². The molecule has 0 atom stereocenters. The first-order chi connectivity index (χ1) is 48.1. The zero-order valence-corrected chi connectivity index (χ0v) is 59.7.